The van der Waals surface area contributed by atoms with Crippen molar-refractivity contribution in [3.63, 3.8) is 0 Å². The molecule has 132 valence electrons. The number of esters is 1. The number of hydrogen-bond acceptors (Lipinski definition) is 6. The van der Waals surface area contributed by atoms with Crippen LogP contribution in [0.3, 0.4) is 0 Å². The predicted molar refractivity (Wildman–Crippen MR) is 91.5 cm³/mol. The van der Waals surface area contributed by atoms with Crippen LogP contribution in [-0.2, 0) is 16.0 Å². The molecule has 0 bridgehead atoms. The van der Waals surface area contributed by atoms with E-state index in [2.05, 4.69) is 0 Å². The molecular formula is C19H20O6. The van der Waals surface area contributed by atoms with Crippen molar-refractivity contribution in [2.75, 3.05) is 27.9 Å². The second kappa shape index (κ2) is 8.73. The number of benzene rings is 2. The Kier molecular flexibility index (Phi) is 6.39. The number of carbonyl (C=O) groups excluding carboxylic acids is 2. The molecule has 0 saturated heterocycles. The molecule has 0 unspecified atom stereocenters. The van der Waals surface area contributed by atoms with Crippen molar-refractivity contribution in [2.24, 2.45) is 0 Å². The second-order valence-corrected chi connectivity index (χ2v) is 5.18. The molecule has 2 aromatic rings. The summed E-state index contributed by atoms with van der Waals surface area (Å²) in [6.07, 6.45) is 0.0597. The van der Waals surface area contributed by atoms with E-state index >= 15 is 0 Å². The number of carbonyl (C=O) groups is 2. The van der Waals surface area contributed by atoms with Crippen molar-refractivity contribution in [1.29, 1.82) is 0 Å². The lowest BCUT2D eigenvalue weighted by Gasteiger charge is -2.10. The fraction of sp³-hybridized carbons (Fsp3) is 0.263. The van der Waals surface area contributed by atoms with Crippen molar-refractivity contribution in [3.05, 3.63) is 53.6 Å². The Balaban J connectivity index is 1.96. The summed E-state index contributed by atoms with van der Waals surface area (Å²) in [5, 5.41) is 0. The van der Waals surface area contributed by atoms with E-state index in [-0.39, 0.29) is 18.8 Å². The van der Waals surface area contributed by atoms with Crippen LogP contribution in [0.4, 0.5) is 0 Å². The number of ether oxygens (including phenoxy) is 4. The van der Waals surface area contributed by atoms with Crippen LogP contribution in [0.25, 0.3) is 0 Å². The summed E-state index contributed by atoms with van der Waals surface area (Å²) in [7, 11) is 4.54. The lowest BCUT2D eigenvalue weighted by Crippen LogP contribution is -2.16. The van der Waals surface area contributed by atoms with Gasteiger partial charge in [-0.3, -0.25) is 9.59 Å². The van der Waals surface area contributed by atoms with Gasteiger partial charge in [0.2, 0.25) is 5.78 Å². The van der Waals surface area contributed by atoms with Crippen molar-refractivity contribution in [3.8, 4) is 17.2 Å². The molecule has 0 saturated carbocycles. The highest BCUT2D eigenvalue weighted by Crippen LogP contribution is 2.25. The van der Waals surface area contributed by atoms with Gasteiger partial charge in [-0.2, -0.15) is 0 Å². The minimum Gasteiger partial charge on any atom is -0.497 e. The van der Waals surface area contributed by atoms with E-state index in [0.717, 1.165) is 5.56 Å². The van der Waals surface area contributed by atoms with Crippen LogP contribution in [0.1, 0.15) is 15.9 Å². The van der Waals surface area contributed by atoms with Gasteiger partial charge in [0.1, 0.15) is 17.2 Å². The topological polar surface area (TPSA) is 71.1 Å². The highest BCUT2D eigenvalue weighted by atomic mass is 16.5. The maximum Gasteiger partial charge on any atom is 0.310 e. The van der Waals surface area contributed by atoms with Gasteiger partial charge in [0.05, 0.1) is 33.3 Å². The number of Topliss-reactive ketones (excluding diaryl/α,β-unsaturated/α-hetero) is 1. The van der Waals surface area contributed by atoms with E-state index in [9.17, 15) is 9.59 Å². The van der Waals surface area contributed by atoms with E-state index in [1.165, 1.54) is 14.2 Å². The minimum atomic E-state index is -0.492. The molecule has 0 amide bonds. The monoisotopic (exact) mass is 344 g/mol. The van der Waals surface area contributed by atoms with Gasteiger partial charge >= 0.3 is 5.97 Å². The Bertz CT molecular complexity index is 753. The third-order valence-electron chi connectivity index (χ3n) is 3.56. The summed E-state index contributed by atoms with van der Waals surface area (Å²) in [5.41, 5.74) is 1.08. The molecule has 0 atom stereocenters. The molecule has 0 radical (unpaired) electrons. The molecule has 2 aromatic carbocycles. The maximum absolute atomic E-state index is 12.3. The van der Waals surface area contributed by atoms with Crippen LogP contribution in [0, 0.1) is 0 Å². The van der Waals surface area contributed by atoms with Gasteiger partial charge in [-0.15, -0.1) is 0 Å². The first-order valence-electron chi connectivity index (χ1n) is 7.61. The zero-order chi connectivity index (χ0) is 18.2. The van der Waals surface area contributed by atoms with Crippen LogP contribution in [-0.4, -0.2) is 39.7 Å². The maximum atomic E-state index is 12.3. The lowest BCUT2D eigenvalue weighted by atomic mass is 10.1. The molecule has 0 aliphatic heterocycles. The molecule has 25 heavy (non-hydrogen) atoms. The SMILES string of the molecule is COc1cccc(CC(=O)OCC(=O)c2ccc(OC)cc2OC)c1. The Morgan fingerprint density at radius 2 is 1.60 bits per heavy atom. The average molecular weight is 344 g/mol. The average Bonchev–Trinajstić information content (AvgIpc) is 2.65. The van der Waals surface area contributed by atoms with Crippen LogP contribution >= 0.6 is 0 Å². The third kappa shape index (κ3) is 4.97. The van der Waals surface area contributed by atoms with Gasteiger partial charge in [0, 0.05) is 6.07 Å². The van der Waals surface area contributed by atoms with Crippen LogP contribution in [0.5, 0.6) is 17.2 Å². The molecule has 0 heterocycles. The zero-order valence-electron chi connectivity index (χ0n) is 14.4. The van der Waals surface area contributed by atoms with Gasteiger partial charge in [0.25, 0.3) is 0 Å². The summed E-state index contributed by atoms with van der Waals surface area (Å²) in [6, 6.07) is 11.9. The van der Waals surface area contributed by atoms with E-state index < -0.39 is 5.97 Å². The predicted octanol–water partition coefficient (Wildman–Crippen LogP) is 2.68. The number of rotatable bonds is 8. The Hall–Kier alpha value is -3.02. The molecule has 0 fully saturated rings. The van der Waals surface area contributed by atoms with Gasteiger partial charge in [-0.1, -0.05) is 12.1 Å². The van der Waals surface area contributed by atoms with Gasteiger partial charge in [-0.25, -0.2) is 0 Å². The Morgan fingerprint density at radius 1 is 0.880 bits per heavy atom. The summed E-state index contributed by atoms with van der Waals surface area (Å²) >= 11 is 0. The van der Waals surface area contributed by atoms with E-state index in [0.29, 0.717) is 22.8 Å². The van der Waals surface area contributed by atoms with Gasteiger partial charge in [0.15, 0.2) is 6.61 Å². The highest BCUT2D eigenvalue weighted by molar-refractivity contribution is 6.00. The summed E-state index contributed by atoms with van der Waals surface area (Å²) in [6.45, 7) is -0.356. The largest absolute Gasteiger partial charge is 0.497 e. The molecule has 0 aromatic heterocycles. The standard InChI is InChI=1S/C19H20O6/c1-22-14-6-4-5-13(9-14)10-19(21)25-12-17(20)16-8-7-15(23-2)11-18(16)24-3/h4-9,11H,10,12H2,1-3H3. The molecule has 0 aliphatic carbocycles. The number of ketones is 1. The summed E-state index contributed by atoms with van der Waals surface area (Å²) in [4.78, 5) is 24.2. The number of hydrogen-bond donors (Lipinski definition) is 0. The molecule has 6 nitrogen and oxygen atoms in total. The zero-order valence-corrected chi connectivity index (χ0v) is 14.4. The molecule has 0 spiro atoms. The Labute approximate surface area is 146 Å². The van der Waals surface area contributed by atoms with Crippen LogP contribution in [0.2, 0.25) is 0 Å². The molecular weight excluding hydrogens is 324 g/mol. The number of methoxy groups -OCH3 is 3. The van der Waals surface area contributed by atoms with Crippen molar-refractivity contribution < 1.29 is 28.5 Å². The first-order chi connectivity index (χ1) is 12.1. The highest BCUT2D eigenvalue weighted by Gasteiger charge is 2.16. The normalized spacial score (nSPS) is 10.0. The van der Waals surface area contributed by atoms with E-state index in [4.69, 9.17) is 18.9 Å². The molecule has 0 N–H and O–H groups in total. The molecule has 0 aliphatic rings. The first-order valence-corrected chi connectivity index (χ1v) is 7.61. The van der Waals surface area contributed by atoms with Crippen molar-refractivity contribution in [2.45, 2.75) is 6.42 Å². The minimum absolute atomic E-state index is 0.0597. The third-order valence-corrected chi connectivity index (χ3v) is 3.56. The van der Waals surface area contributed by atoms with E-state index in [1.807, 2.05) is 0 Å². The molecule has 6 heteroatoms. The van der Waals surface area contributed by atoms with Crippen LogP contribution < -0.4 is 14.2 Å². The smallest absolute Gasteiger partial charge is 0.310 e. The fourth-order valence-corrected chi connectivity index (χ4v) is 2.25. The summed E-state index contributed by atoms with van der Waals surface area (Å²) in [5.74, 6) is 0.758. The van der Waals surface area contributed by atoms with Gasteiger partial charge in [-0.05, 0) is 29.8 Å². The van der Waals surface area contributed by atoms with Gasteiger partial charge < -0.3 is 18.9 Å². The first kappa shape index (κ1) is 18.3. The van der Waals surface area contributed by atoms with Crippen molar-refractivity contribution in [1.82, 2.24) is 0 Å². The Morgan fingerprint density at radius 3 is 2.28 bits per heavy atom. The summed E-state index contributed by atoms with van der Waals surface area (Å²) < 4.78 is 20.5. The lowest BCUT2D eigenvalue weighted by molar-refractivity contribution is -0.141. The van der Waals surface area contributed by atoms with E-state index in [1.54, 1.807) is 49.6 Å². The molecule has 2 rings (SSSR count). The quantitative estimate of drug-likeness (QED) is 0.542. The van der Waals surface area contributed by atoms with Crippen molar-refractivity contribution >= 4 is 11.8 Å². The second-order valence-electron chi connectivity index (χ2n) is 5.18. The van der Waals surface area contributed by atoms with Crippen LogP contribution in [0.15, 0.2) is 42.5 Å². The fourth-order valence-electron chi connectivity index (χ4n) is 2.25.